The van der Waals surface area contributed by atoms with E-state index in [0.717, 1.165) is 30.5 Å². The highest BCUT2D eigenvalue weighted by molar-refractivity contribution is 5.65. The van der Waals surface area contributed by atoms with Crippen LogP contribution < -0.4 is 10.2 Å². The van der Waals surface area contributed by atoms with E-state index in [2.05, 4.69) is 59.4 Å². The zero-order valence-corrected chi connectivity index (χ0v) is 14.9. The normalized spacial score (nSPS) is 15.4. The van der Waals surface area contributed by atoms with Crippen LogP contribution in [0.5, 0.6) is 0 Å². The Balaban J connectivity index is 1.85. The number of nitrogens with one attached hydrogen (secondary N) is 1. The molecule has 1 aromatic heterocycles. The third-order valence-electron chi connectivity index (χ3n) is 4.62. The minimum atomic E-state index is 0.451. The molecular weight excluding hydrogens is 298 g/mol. The van der Waals surface area contributed by atoms with Crippen molar-refractivity contribution in [3.63, 3.8) is 0 Å². The maximum atomic E-state index is 4.72. The smallest absolute Gasteiger partial charge is 0.247 e. The van der Waals surface area contributed by atoms with E-state index in [4.69, 9.17) is 4.98 Å². The fourth-order valence-corrected chi connectivity index (χ4v) is 3.23. The number of hydrogen-bond donors (Lipinski definition) is 1. The van der Waals surface area contributed by atoms with Crippen LogP contribution in [-0.2, 0) is 0 Å². The number of aryl methyl sites for hydroxylation is 1. The zero-order chi connectivity index (χ0) is 16.9. The lowest BCUT2D eigenvalue weighted by Crippen LogP contribution is -2.26. The molecule has 0 unspecified atom stereocenters. The molecule has 1 aliphatic heterocycles. The first-order chi connectivity index (χ1) is 11.6. The molecule has 5 nitrogen and oxygen atoms in total. The van der Waals surface area contributed by atoms with Gasteiger partial charge in [-0.3, -0.25) is 0 Å². The third-order valence-corrected chi connectivity index (χ3v) is 4.62. The second kappa shape index (κ2) is 7.60. The molecule has 5 heteroatoms. The summed E-state index contributed by atoms with van der Waals surface area (Å²) < 4.78 is 0. The highest BCUT2D eigenvalue weighted by Gasteiger charge is 2.15. The molecule has 1 saturated heterocycles. The Morgan fingerprint density at radius 1 is 1.08 bits per heavy atom. The SMILES string of the molecule is Cc1cccc(C(C)C)c1Nc1cnnc(N2CCCCCC2)n1. The quantitative estimate of drug-likeness (QED) is 0.901. The summed E-state index contributed by atoms with van der Waals surface area (Å²) in [5.41, 5.74) is 3.65. The van der Waals surface area contributed by atoms with E-state index in [9.17, 15) is 0 Å². The Hall–Kier alpha value is -2.17. The van der Waals surface area contributed by atoms with Crippen molar-refractivity contribution in [2.24, 2.45) is 0 Å². The molecule has 0 atom stereocenters. The number of nitrogens with zero attached hydrogens (tertiary/aromatic N) is 4. The van der Waals surface area contributed by atoms with Crippen molar-refractivity contribution in [3.8, 4) is 0 Å². The molecule has 2 heterocycles. The van der Waals surface area contributed by atoms with Crippen LogP contribution in [0, 0.1) is 6.92 Å². The molecule has 0 amide bonds. The number of aromatic nitrogens is 3. The van der Waals surface area contributed by atoms with Gasteiger partial charge in [-0.25, -0.2) is 0 Å². The Labute approximate surface area is 144 Å². The molecule has 128 valence electrons. The summed E-state index contributed by atoms with van der Waals surface area (Å²) in [6, 6.07) is 6.40. The number of rotatable bonds is 4. The predicted molar refractivity (Wildman–Crippen MR) is 99.1 cm³/mol. The van der Waals surface area contributed by atoms with Crippen LogP contribution in [0.15, 0.2) is 24.4 Å². The van der Waals surface area contributed by atoms with Crippen LogP contribution in [0.25, 0.3) is 0 Å². The Morgan fingerprint density at radius 3 is 2.54 bits per heavy atom. The van der Waals surface area contributed by atoms with Crippen LogP contribution in [-0.4, -0.2) is 28.3 Å². The fraction of sp³-hybridized carbons (Fsp3) is 0.526. The molecule has 0 spiro atoms. The van der Waals surface area contributed by atoms with Gasteiger partial charge in [0.25, 0.3) is 0 Å². The van der Waals surface area contributed by atoms with Gasteiger partial charge in [-0.05, 0) is 36.8 Å². The van der Waals surface area contributed by atoms with Gasteiger partial charge in [-0.15, -0.1) is 5.10 Å². The van der Waals surface area contributed by atoms with Gasteiger partial charge < -0.3 is 10.2 Å². The molecule has 1 fully saturated rings. The molecule has 1 aromatic carbocycles. The summed E-state index contributed by atoms with van der Waals surface area (Å²) in [7, 11) is 0. The number of para-hydroxylation sites is 1. The van der Waals surface area contributed by atoms with Gasteiger partial charge in [0.1, 0.15) is 0 Å². The van der Waals surface area contributed by atoms with Gasteiger partial charge in [0.15, 0.2) is 5.82 Å². The van der Waals surface area contributed by atoms with E-state index in [0.29, 0.717) is 5.92 Å². The van der Waals surface area contributed by atoms with Crippen LogP contribution >= 0.6 is 0 Å². The van der Waals surface area contributed by atoms with Crippen LogP contribution in [0.1, 0.15) is 56.6 Å². The van der Waals surface area contributed by atoms with Crippen molar-refractivity contribution in [2.45, 2.75) is 52.4 Å². The first-order valence-corrected chi connectivity index (χ1v) is 8.96. The van der Waals surface area contributed by atoms with E-state index in [-0.39, 0.29) is 0 Å². The summed E-state index contributed by atoms with van der Waals surface area (Å²) in [6.45, 7) is 8.58. The van der Waals surface area contributed by atoms with Crippen LogP contribution in [0.3, 0.4) is 0 Å². The van der Waals surface area contributed by atoms with Crippen molar-refractivity contribution in [2.75, 3.05) is 23.3 Å². The molecule has 0 saturated carbocycles. The van der Waals surface area contributed by atoms with Crippen LogP contribution in [0.2, 0.25) is 0 Å². The largest absolute Gasteiger partial charge is 0.339 e. The van der Waals surface area contributed by atoms with Gasteiger partial charge in [0.05, 0.1) is 6.20 Å². The zero-order valence-electron chi connectivity index (χ0n) is 14.9. The molecule has 0 aliphatic carbocycles. The summed E-state index contributed by atoms with van der Waals surface area (Å²) in [5, 5.41) is 11.9. The minimum Gasteiger partial charge on any atom is -0.339 e. The van der Waals surface area contributed by atoms with E-state index in [1.807, 2.05) is 0 Å². The fourth-order valence-electron chi connectivity index (χ4n) is 3.23. The van der Waals surface area contributed by atoms with Crippen LogP contribution in [0.4, 0.5) is 17.5 Å². The number of anilines is 3. The van der Waals surface area contributed by atoms with E-state index >= 15 is 0 Å². The molecule has 0 radical (unpaired) electrons. The lowest BCUT2D eigenvalue weighted by Gasteiger charge is -2.21. The molecule has 3 rings (SSSR count). The predicted octanol–water partition coefficient (Wildman–Crippen LogP) is 4.43. The molecule has 2 aromatic rings. The van der Waals surface area contributed by atoms with E-state index in [1.54, 1.807) is 6.20 Å². The highest BCUT2D eigenvalue weighted by atomic mass is 15.3. The standard InChI is InChI=1S/C19H27N5/c1-14(2)16-10-8-9-15(3)18(16)21-17-13-20-23-19(22-17)24-11-6-4-5-7-12-24/h8-10,13-14H,4-7,11-12H2,1-3H3,(H,21,22,23). The molecule has 1 aliphatic rings. The lowest BCUT2D eigenvalue weighted by atomic mass is 9.98. The third kappa shape index (κ3) is 3.83. The topological polar surface area (TPSA) is 53.9 Å². The molecule has 0 bridgehead atoms. The average molecular weight is 325 g/mol. The average Bonchev–Trinajstić information content (AvgIpc) is 2.86. The van der Waals surface area contributed by atoms with Gasteiger partial charge in [-0.1, -0.05) is 44.9 Å². The second-order valence-corrected chi connectivity index (χ2v) is 6.86. The highest BCUT2D eigenvalue weighted by Crippen LogP contribution is 2.29. The first-order valence-electron chi connectivity index (χ1n) is 8.96. The summed E-state index contributed by atoms with van der Waals surface area (Å²) in [6.07, 6.45) is 6.70. The molecular formula is C19H27N5. The van der Waals surface area contributed by atoms with Gasteiger partial charge >= 0.3 is 0 Å². The summed E-state index contributed by atoms with van der Waals surface area (Å²) >= 11 is 0. The van der Waals surface area contributed by atoms with Crippen molar-refractivity contribution in [3.05, 3.63) is 35.5 Å². The lowest BCUT2D eigenvalue weighted by molar-refractivity contribution is 0.726. The van der Waals surface area contributed by atoms with E-state index in [1.165, 1.54) is 36.8 Å². The van der Waals surface area contributed by atoms with Crippen molar-refractivity contribution < 1.29 is 0 Å². The Kier molecular flexibility index (Phi) is 5.28. The minimum absolute atomic E-state index is 0.451. The molecule has 24 heavy (non-hydrogen) atoms. The number of benzene rings is 1. The number of hydrogen-bond acceptors (Lipinski definition) is 5. The van der Waals surface area contributed by atoms with Crippen molar-refractivity contribution in [1.29, 1.82) is 0 Å². The monoisotopic (exact) mass is 325 g/mol. The maximum Gasteiger partial charge on any atom is 0.247 e. The van der Waals surface area contributed by atoms with Gasteiger partial charge in [0.2, 0.25) is 5.95 Å². The summed E-state index contributed by atoms with van der Waals surface area (Å²) in [5.74, 6) is 1.95. The van der Waals surface area contributed by atoms with Crippen molar-refractivity contribution in [1.82, 2.24) is 15.2 Å². The molecule has 1 N–H and O–H groups in total. The van der Waals surface area contributed by atoms with Gasteiger partial charge in [0, 0.05) is 18.8 Å². The Bertz CT molecular complexity index is 675. The maximum absolute atomic E-state index is 4.72. The van der Waals surface area contributed by atoms with Crippen molar-refractivity contribution >= 4 is 17.5 Å². The van der Waals surface area contributed by atoms with Gasteiger partial charge in [-0.2, -0.15) is 10.1 Å². The Morgan fingerprint density at radius 2 is 1.83 bits per heavy atom. The summed E-state index contributed by atoms with van der Waals surface area (Å²) in [4.78, 5) is 6.97. The second-order valence-electron chi connectivity index (χ2n) is 6.86. The van der Waals surface area contributed by atoms with E-state index < -0.39 is 0 Å². The first kappa shape index (κ1) is 16.7.